The lowest BCUT2D eigenvalue weighted by Gasteiger charge is -2.33. The monoisotopic (exact) mass is 507 g/mol. The molecular formula is C22H26FN5O4S2. The molecule has 0 radical (unpaired) electrons. The van der Waals surface area contributed by atoms with Gasteiger partial charge in [0, 0.05) is 24.6 Å². The Labute approximate surface area is 201 Å². The fourth-order valence-corrected chi connectivity index (χ4v) is 5.40. The van der Waals surface area contributed by atoms with Gasteiger partial charge < -0.3 is 9.64 Å². The SMILES string of the molecule is CC(C)(C)OC(=O)N1CCC(Sc2ncnc3c2cnn3-c2ccc(S(C)(=O)=O)cc2F)CC1. The van der Waals surface area contributed by atoms with Crippen LogP contribution in [0.1, 0.15) is 33.6 Å². The fourth-order valence-electron chi connectivity index (χ4n) is 3.62. The molecule has 182 valence electrons. The van der Waals surface area contributed by atoms with Gasteiger partial charge in [-0.1, -0.05) is 0 Å². The molecule has 4 rings (SSSR count). The molecule has 34 heavy (non-hydrogen) atoms. The van der Waals surface area contributed by atoms with Gasteiger partial charge in [-0.25, -0.2) is 32.3 Å². The van der Waals surface area contributed by atoms with Crippen LogP contribution < -0.4 is 0 Å². The molecule has 3 heterocycles. The van der Waals surface area contributed by atoms with E-state index in [0.717, 1.165) is 30.2 Å². The van der Waals surface area contributed by atoms with E-state index < -0.39 is 21.3 Å². The maximum absolute atomic E-state index is 14.7. The van der Waals surface area contributed by atoms with Crippen molar-refractivity contribution in [3.05, 3.63) is 36.5 Å². The Hall–Kier alpha value is -2.73. The van der Waals surface area contributed by atoms with Crippen LogP contribution in [0.3, 0.4) is 0 Å². The van der Waals surface area contributed by atoms with Crippen LogP contribution in [0.15, 0.2) is 40.6 Å². The van der Waals surface area contributed by atoms with Crippen LogP contribution in [0, 0.1) is 5.82 Å². The van der Waals surface area contributed by atoms with Crippen LogP contribution in [0.5, 0.6) is 0 Å². The fraction of sp³-hybridized carbons (Fsp3) is 0.455. The van der Waals surface area contributed by atoms with Gasteiger partial charge in [0.15, 0.2) is 15.5 Å². The van der Waals surface area contributed by atoms with Crippen molar-refractivity contribution in [2.45, 2.75) is 54.4 Å². The standard InChI is InChI=1S/C22H26FN5O4S2/c1-22(2,3)32-21(29)27-9-7-14(8-10-27)33-20-16-12-26-28(19(16)24-13-25-20)18-6-5-15(11-17(18)23)34(4,30)31/h5-6,11-14H,7-10H2,1-4H3. The summed E-state index contributed by atoms with van der Waals surface area (Å²) in [6, 6.07) is 3.70. The van der Waals surface area contributed by atoms with Crippen molar-refractivity contribution in [1.82, 2.24) is 24.6 Å². The number of halogens is 1. The number of sulfone groups is 1. The lowest BCUT2D eigenvalue weighted by atomic mass is 10.1. The van der Waals surface area contributed by atoms with Gasteiger partial charge in [0.1, 0.15) is 28.5 Å². The molecule has 3 aromatic rings. The number of hydrogen-bond donors (Lipinski definition) is 0. The predicted molar refractivity (Wildman–Crippen MR) is 126 cm³/mol. The van der Waals surface area contributed by atoms with E-state index in [1.165, 1.54) is 23.1 Å². The van der Waals surface area contributed by atoms with Crippen molar-refractivity contribution in [2.24, 2.45) is 0 Å². The van der Waals surface area contributed by atoms with Crippen LogP contribution in [-0.4, -0.2) is 69.4 Å². The van der Waals surface area contributed by atoms with E-state index in [4.69, 9.17) is 4.74 Å². The van der Waals surface area contributed by atoms with E-state index >= 15 is 0 Å². The molecule has 1 fully saturated rings. The van der Waals surface area contributed by atoms with Gasteiger partial charge in [0.25, 0.3) is 0 Å². The van der Waals surface area contributed by atoms with E-state index in [2.05, 4.69) is 15.1 Å². The highest BCUT2D eigenvalue weighted by atomic mass is 32.2. The van der Waals surface area contributed by atoms with Crippen LogP contribution in [0.2, 0.25) is 0 Å². The first kappa shape index (κ1) is 24.4. The number of amides is 1. The first-order valence-corrected chi connectivity index (χ1v) is 13.5. The van der Waals surface area contributed by atoms with Crippen molar-refractivity contribution >= 4 is 38.7 Å². The number of rotatable bonds is 4. The Bertz CT molecular complexity index is 1330. The molecule has 9 nitrogen and oxygen atoms in total. The van der Waals surface area contributed by atoms with Crippen LogP contribution in [0.4, 0.5) is 9.18 Å². The second-order valence-corrected chi connectivity index (χ2v) is 12.4. The molecule has 0 unspecified atom stereocenters. The van der Waals surface area contributed by atoms with Crippen molar-refractivity contribution in [3.63, 3.8) is 0 Å². The average Bonchev–Trinajstić information content (AvgIpc) is 3.17. The molecule has 12 heteroatoms. The minimum Gasteiger partial charge on any atom is -0.444 e. The summed E-state index contributed by atoms with van der Waals surface area (Å²) < 4.78 is 44.9. The van der Waals surface area contributed by atoms with E-state index in [1.54, 1.807) is 22.9 Å². The van der Waals surface area contributed by atoms with Gasteiger partial charge >= 0.3 is 6.09 Å². The number of hydrogen-bond acceptors (Lipinski definition) is 8. The van der Waals surface area contributed by atoms with E-state index in [0.29, 0.717) is 24.1 Å². The maximum Gasteiger partial charge on any atom is 0.410 e. The van der Waals surface area contributed by atoms with Gasteiger partial charge in [-0.3, -0.25) is 0 Å². The molecular weight excluding hydrogens is 481 g/mol. The van der Waals surface area contributed by atoms with Crippen molar-refractivity contribution < 1.29 is 22.3 Å². The number of likely N-dealkylation sites (tertiary alicyclic amines) is 1. The first-order chi connectivity index (χ1) is 15.9. The number of piperidine rings is 1. The lowest BCUT2D eigenvalue weighted by molar-refractivity contribution is 0.0219. The molecule has 0 bridgehead atoms. The van der Waals surface area contributed by atoms with Crippen LogP contribution in [-0.2, 0) is 14.6 Å². The summed E-state index contributed by atoms with van der Waals surface area (Å²) in [6.07, 6.45) is 5.28. The number of ether oxygens (including phenoxy) is 1. The van der Waals surface area contributed by atoms with Gasteiger partial charge in [0.2, 0.25) is 0 Å². The molecule has 1 aliphatic heterocycles. The van der Waals surface area contributed by atoms with E-state index in [9.17, 15) is 17.6 Å². The highest BCUT2D eigenvalue weighted by Gasteiger charge is 2.28. The number of aromatic nitrogens is 4. The minimum atomic E-state index is -3.53. The van der Waals surface area contributed by atoms with Crippen molar-refractivity contribution in [2.75, 3.05) is 19.3 Å². The first-order valence-electron chi connectivity index (χ1n) is 10.8. The van der Waals surface area contributed by atoms with Crippen LogP contribution in [0.25, 0.3) is 16.7 Å². The number of carbonyl (C=O) groups excluding carboxylic acids is 1. The Balaban J connectivity index is 1.51. The normalized spacial score (nSPS) is 15.6. The second-order valence-electron chi connectivity index (χ2n) is 9.14. The van der Waals surface area contributed by atoms with Crippen molar-refractivity contribution in [3.8, 4) is 5.69 Å². The van der Waals surface area contributed by atoms with Gasteiger partial charge in [-0.05, 0) is 51.8 Å². The van der Waals surface area contributed by atoms with E-state index in [1.807, 2.05) is 20.8 Å². The summed E-state index contributed by atoms with van der Waals surface area (Å²) in [7, 11) is -3.53. The number of thioether (sulfide) groups is 1. The summed E-state index contributed by atoms with van der Waals surface area (Å²) in [5.74, 6) is -0.713. The number of carbonyl (C=O) groups is 1. The third kappa shape index (κ3) is 5.33. The number of nitrogens with zero attached hydrogens (tertiary/aromatic N) is 5. The average molecular weight is 508 g/mol. The highest BCUT2D eigenvalue weighted by molar-refractivity contribution is 8.00. The molecule has 1 saturated heterocycles. The third-order valence-corrected chi connectivity index (χ3v) is 7.74. The molecule has 0 spiro atoms. The zero-order chi connectivity index (χ0) is 24.7. The molecule has 0 N–H and O–H groups in total. The molecule has 1 amide bonds. The largest absolute Gasteiger partial charge is 0.444 e. The number of benzene rings is 1. The Kier molecular flexibility index (Phi) is 6.56. The molecule has 1 aromatic carbocycles. The lowest BCUT2D eigenvalue weighted by Crippen LogP contribution is -2.42. The maximum atomic E-state index is 14.7. The number of fused-ring (bicyclic) bond motifs is 1. The highest BCUT2D eigenvalue weighted by Crippen LogP contribution is 2.34. The molecule has 2 aromatic heterocycles. The molecule has 0 aliphatic carbocycles. The summed E-state index contributed by atoms with van der Waals surface area (Å²) in [4.78, 5) is 22.6. The van der Waals surface area contributed by atoms with Gasteiger partial charge in [-0.2, -0.15) is 5.10 Å². The summed E-state index contributed by atoms with van der Waals surface area (Å²) in [5.41, 5.74) is -0.00240. The van der Waals surface area contributed by atoms with Gasteiger partial charge in [0.05, 0.1) is 16.5 Å². The molecule has 0 atom stereocenters. The third-order valence-electron chi connectivity index (χ3n) is 5.28. The smallest absolute Gasteiger partial charge is 0.410 e. The van der Waals surface area contributed by atoms with Crippen LogP contribution >= 0.6 is 11.8 Å². The minimum absolute atomic E-state index is 0.0997. The summed E-state index contributed by atoms with van der Waals surface area (Å²) in [5, 5.41) is 5.92. The summed E-state index contributed by atoms with van der Waals surface area (Å²) >= 11 is 1.58. The second kappa shape index (κ2) is 9.14. The zero-order valence-corrected chi connectivity index (χ0v) is 21.0. The van der Waals surface area contributed by atoms with E-state index in [-0.39, 0.29) is 21.9 Å². The topological polar surface area (TPSA) is 107 Å². The Morgan fingerprint density at radius 1 is 1.21 bits per heavy atom. The Morgan fingerprint density at radius 3 is 2.53 bits per heavy atom. The summed E-state index contributed by atoms with van der Waals surface area (Å²) in [6.45, 7) is 6.73. The predicted octanol–water partition coefficient (Wildman–Crippen LogP) is 3.85. The quantitative estimate of drug-likeness (QED) is 0.490. The molecule has 0 saturated carbocycles. The molecule has 1 aliphatic rings. The zero-order valence-electron chi connectivity index (χ0n) is 19.4. The van der Waals surface area contributed by atoms with Crippen molar-refractivity contribution in [1.29, 1.82) is 0 Å². The van der Waals surface area contributed by atoms with Gasteiger partial charge in [-0.15, -0.1) is 11.8 Å². The Morgan fingerprint density at radius 2 is 1.91 bits per heavy atom.